The Kier molecular flexibility index (Phi) is 4.74. The highest BCUT2D eigenvalue weighted by Crippen LogP contribution is 2.71. The molecular formula is C24H33FN2O2. The van der Waals surface area contributed by atoms with E-state index in [2.05, 4.69) is 34.9 Å². The molecule has 6 rings (SSSR count). The van der Waals surface area contributed by atoms with Crippen LogP contribution >= 0.6 is 0 Å². The molecule has 1 heterocycles. The fraction of sp³-hybridized carbons (Fsp3) is 0.708. The van der Waals surface area contributed by atoms with Gasteiger partial charge in [0, 0.05) is 6.54 Å². The molecule has 4 nitrogen and oxygen atoms in total. The van der Waals surface area contributed by atoms with Crippen molar-refractivity contribution in [1.29, 1.82) is 0 Å². The Balaban J connectivity index is 1.48. The van der Waals surface area contributed by atoms with Crippen molar-refractivity contribution in [3.05, 3.63) is 35.9 Å². The Morgan fingerprint density at radius 3 is 2.76 bits per heavy atom. The van der Waals surface area contributed by atoms with E-state index in [0.717, 1.165) is 51.5 Å². The molecule has 6 atom stereocenters. The minimum Gasteiger partial charge on any atom is -0.390 e. The second-order valence-corrected chi connectivity index (χ2v) is 10.5. The lowest BCUT2D eigenvalue weighted by atomic mass is 9.38. The van der Waals surface area contributed by atoms with Gasteiger partial charge in [0.15, 0.2) is 0 Å². The third-order valence-corrected chi connectivity index (χ3v) is 8.44. The summed E-state index contributed by atoms with van der Waals surface area (Å²) in [6.07, 6.45) is 6.58. The van der Waals surface area contributed by atoms with Crippen LogP contribution in [0.15, 0.2) is 30.3 Å². The van der Waals surface area contributed by atoms with E-state index in [4.69, 9.17) is 0 Å². The number of carbonyl (C=O) groups is 1. The number of aliphatic hydroxyl groups is 1. The van der Waals surface area contributed by atoms with Crippen molar-refractivity contribution in [3.8, 4) is 0 Å². The van der Waals surface area contributed by atoms with Crippen LogP contribution in [-0.4, -0.2) is 42.9 Å². The molecule has 29 heavy (non-hydrogen) atoms. The molecule has 5 fully saturated rings. The topological polar surface area (TPSA) is 61.4 Å². The van der Waals surface area contributed by atoms with Crippen molar-refractivity contribution in [2.45, 2.75) is 68.9 Å². The van der Waals surface area contributed by atoms with Crippen molar-refractivity contribution in [2.75, 3.05) is 19.8 Å². The smallest absolute Gasteiger partial charge is 0.226 e. The van der Waals surface area contributed by atoms with Crippen LogP contribution in [0.1, 0.15) is 56.9 Å². The van der Waals surface area contributed by atoms with E-state index in [1.165, 1.54) is 5.56 Å². The number of alkyl halides is 1. The number of nitrogens with one attached hydrogen (secondary N) is 2. The molecular weight excluding hydrogens is 367 g/mol. The van der Waals surface area contributed by atoms with E-state index in [1.807, 2.05) is 6.07 Å². The van der Waals surface area contributed by atoms with Gasteiger partial charge in [0.05, 0.1) is 24.2 Å². The number of carbonyl (C=O) groups excluding carboxylic acids is 1. The summed E-state index contributed by atoms with van der Waals surface area (Å²) in [6.45, 7) is 1.04. The molecule has 1 aromatic rings. The summed E-state index contributed by atoms with van der Waals surface area (Å²) in [6, 6.07) is 10.5. The van der Waals surface area contributed by atoms with Crippen molar-refractivity contribution in [2.24, 2.45) is 16.7 Å². The third kappa shape index (κ3) is 3.21. The number of piperidine rings is 1. The summed E-state index contributed by atoms with van der Waals surface area (Å²) >= 11 is 0. The number of β-amino-alcohol motifs (C(OH)–C–C–N with tert-alkyl or cyclic N) is 1. The molecule has 4 aliphatic carbocycles. The molecule has 4 saturated carbocycles. The van der Waals surface area contributed by atoms with Crippen LogP contribution in [0.5, 0.6) is 0 Å². The fourth-order valence-corrected chi connectivity index (χ4v) is 7.82. The average molecular weight is 401 g/mol. The molecule has 1 amide bonds. The number of aliphatic hydroxyl groups excluding tert-OH is 1. The average Bonchev–Trinajstić information content (AvgIpc) is 2.69. The standard InChI is InChI=1S/C24H33FN2O2/c25-8-7-22-10-17-11-23(14-22,18-4-2-1-3-5-18)16-24(12-17,15-22)21(29)27-19-6-9-26-13-20(19)28/h1-5,17,19-20,26,28H,6-16H2,(H,27,29)/t17?,19-,20-,22-,23-,24?/m1/s1. The summed E-state index contributed by atoms with van der Waals surface area (Å²) in [5.41, 5.74) is 0.828. The van der Waals surface area contributed by atoms with E-state index in [1.54, 1.807) is 0 Å². The number of hydrogen-bond acceptors (Lipinski definition) is 3. The maximum absolute atomic E-state index is 13.7. The second-order valence-electron chi connectivity index (χ2n) is 10.5. The first-order valence-electron chi connectivity index (χ1n) is 11.3. The third-order valence-electron chi connectivity index (χ3n) is 8.44. The first-order valence-corrected chi connectivity index (χ1v) is 11.3. The van der Waals surface area contributed by atoms with Crippen molar-refractivity contribution < 1.29 is 14.3 Å². The van der Waals surface area contributed by atoms with Gasteiger partial charge in [0.2, 0.25) is 5.91 Å². The molecule has 1 aliphatic heterocycles. The molecule has 0 spiro atoms. The van der Waals surface area contributed by atoms with Crippen LogP contribution in [0.2, 0.25) is 0 Å². The summed E-state index contributed by atoms with van der Waals surface area (Å²) in [5, 5.41) is 16.7. The van der Waals surface area contributed by atoms with Crippen LogP contribution in [-0.2, 0) is 10.2 Å². The Bertz CT molecular complexity index is 773. The predicted molar refractivity (Wildman–Crippen MR) is 110 cm³/mol. The quantitative estimate of drug-likeness (QED) is 0.712. The van der Waals surface area contributed by atoms with Crippen LogP contribution in [0.25, 0.3) is 0 Å². The minimum atomic E-state index is -0.538. The zero-order chi connectivity index (χ0) is 20.1. The van der Waals surface area contributed by atoms with Crippen molar-refractivity contribution in [1.82, 2.24) is 10.6 Å². The highest BCUT2D eigenvalue weighted by atomic mass is 19.1. The van der Waals surface area contributed by atoms with Gasteiger partial charge in [-0.05, 0) is 80.2 Å². The molecule has 4 bridgehead atoms. The Morgan fingerprint density at radius 2 is 2.00 bits per heavy atom. The van der Waals surface area contributed by atoms with Gasteiger partial charge in [-0.1, -0.05) is 30.3 Å². The minimum absolute atomic E-state index is 0.0140. The van der Waals surface area contributed by atoms with Gasteiger partial charge in [0.25, 0.3) is 0 Å². The predicted octanol–water partition coefficient (Wildman–Crippen LogP) is 3.09. The summed E-state index contributed by atoms with van der Waals surface area (Å²) in [4.78, 5) is 13.7. The highest BCUT2D eigenvalue weighted by Gasteiger charge is 2.65. The van der Waals surface area contributed by atoms with E-state index >= 15 is 0 Å². The van der Waals surface area contributed by atoms with Gasteiger partial charge >= 0.3 is 0 Å². The summed E-state index contributed by atoms with van der Waals surface area (Å²) < 4.78 is 13.6. The molecule has 1 aromatic carbocycles. The monoisotopic (exact) mass is 400 g/mol. The van der Waals surface area contributed by atoms with Gasteiger partial charge in [-0.15, -0.1) is 0 Å². The number of halogens is 1. The number of amides is 1. The maximum Gasteiger partial charge on any atom is 0.226 e. The zero-order valence-corrected chi connectivity index (χ0v) is 17.1. The Morgan fingerprint density at radius 1 is 1.17 bits per heavy atom. The van der Waals surface area contributed by atoms with E-state index in [0.29, 0.717) is 18.9 Å². The second kappa shape index (κ2) is 7.05. The van der Waals surface area contributed by atoms with Crippen LogP contribution < -0.4 is 10.6 Å². The molecule has 1 saturated heterocycles. The van der Waals surface area contributed by atoms with E-state index < -0.39 is 11.5 Å². The summed E-state index contributed by atoms with van der Waals surface area (Å²) in [7, 11) is 0. The van der Waals surface area contributed by atoms with Crippen molar-refractivity contribution in [3.63, 3.8) is 0 Å². The highest BCUT2D eigenvalue weighted by molar-refractivity contribution is 5.84. The van der Waals surface area contributed by atoms with Crippen LogP contribution in [0.4, 0.5) is 4.39 Å². The summed E-state index contributed by atoms with van der Waals surface area (Å²) in [5.74, 6) is 0.595. The lowest BCUT2D eigenvalue weighted by molar-refractivity contribution is -0.165. The molecule has 3 N–H and O–H groups in total. The first-order chi connectivity index (χ1) is 14.0. The Labute approximate surface area is 172 Å². The zero-order valence-electron chi connectivity index (χ0n) is 17.1. The fourth-order valence-electron chi connectivity index (χ4n) is 7.82. The van der Waals surface area contributed by atoms with Crippen molar-refractivity contribution >= 4 is 5.91 Å². The SMILES string of the molecule is O=C(N[C@@H]1CCNC[C@H]1O)C12CC3C[C@@](CCF)(C1)C[C@](c1ccccc1)(C3)C2. The number of hydrogen-bond donors (Lipinski definition) is 3. The van der Waals surface area contributed by atoms with E-state index in [-0.39, 0.29) is 29.5 Å². The normalized spacial score (nSPS) is 43.3. The van der Waals surface area contributed by atoms with Gasteiger partial charge in [-0.2, -0.15) is 0 Å². The van der Waals surface area contributed by atoms with Gasteiger partial charge in [0.1, 0.15) is 0 Å². The largest absolute Gasteiger partial charge is 0.390 e. The van der Waals surface area contributed by atoms with Gasteiger partial charge < -0.3 is 15.7 Å². The van der Waals surface area contributed by atoms with Gasteiger partial charge in [-0.25, -0.2) is 0 Å². The number of rotatable bonds is 5. The first kappa shape index (κ1) is 19.5. The number of benzene rings is 1. The lowest BCUT2D eigenvalue weighted by Crippen LogP contribution is -2.64. The molecule has 0 aromatic heterocycles. The maximum atomic E-state index is 13.7. The lowest BCUT2D eigenvalue weighted by Gasteiger charge is -2.66. The molecule has 2 unspecified atom stereocenters. The van der Waals surface area contributed by atoms with Gasteiger partial charge in [-0.3, -0.25) is 9.18 Å². The Hall–Kier alpha value is -1.46. The van der Waals surface area contributed by atoms with Crippen LogP contribution in [0.3, 0.4) is 0 Å². The van der Waals surface area contributed by atoms with E-state index in [9.17, 15) is 14.3 Å². The molecule has 0 radical (unpaired) electrons. The molecule has 5 aliphatic rings. The molecule has 158 valence electrons. The van der Waals surface area contributed by atoms with Crippen LogP contribution in [0, 0.1) is 16.7 Å². The molecule has 5 heteroatoms.